The minimum atomic E-state index is 0.100. The third-order valence-corrected chi connectivity index (χ3v) is 2.98. The molecule has 0 bridgehead atoms. The monoisotopic (exact) mass is 277 g/mol. The van der Waals surface area contributed by atoms with Gasteiger partial charge < -0.3 is 15.4 Å². The van der Waals surface area contributed by atoms with Crippen molar-refractivity contribution in [3.05, 3.63) is 29.8 Å². The Morgan fingerprint density at radius 3 is 2.35 bits per heavy atom. The molecule has 1 atom stereocenters. The zero-order chi connectivity index (χ0) is 14.8. The van der Waals surface area contributed by atoms with Gasteiger partial charge in [-0.15, -0.1) is 0 Å². The number of nitrogens with zero attached hydrogens (tertiary/aromatic N) is 1. The van der Waals surface area contributed by atoms with Crippen LogP contribution in [0.2, 0.25) is 0 Å². The van der Waals surface area contributed by atoms with E-state index >= 15 is 0 Å². The van der Waals surface area contributed by atoms with E-state index in [1.54, 1.807) is 0 Å². The molecular formula is C16H27N3O. The lowest BCUT2D eigenvalue weighted by Gasteiger charge is -2.18. The standard InChI is InChI=1S/C16H27N3O/c1-5-14(12-19-16(17-6-2)18-7-3)20-15-11-9-8-10-13(15)4/h8-11,14H,5-7,12H2,1-4H3,(H2,17,18,19). The summed E-state index contributed by atoms with van der Waals surface area (Å²) >= 11 is 0. The largest absolute Gasteiger partial charge is 0.488 e. The van der Waals surface area contributed by atoms with E-state index in [-0.39, 0.29) is 6.10 Å². The lowest BCUT2D eigenvalue weighted by molar-refractivity contribution is 0.204. The molecule has 1 aromatic rings. The molecule has 0 aliphatic rings. The molecule has 0 saturated carbocycles. The molecule has 4 nitrogen and oxygen atoms in total. The van der Waals surface area contributed by atoms with Crippen LogP contribution in [0.4, 0.5) is 0 Å². The molecule has 20 heavy (non-hydrogen) atoms. The molecule has 4 heteroatoms. The van der Waals surface area contributed by atoms with Crippen molar-refractivity contribution in [1.82, 2.24) is 10.6 Å². The van der Waals surface area contributed by atoms with Crippen molar-refractivity contribution in [3.63, 3.8) is 0 Å². The molecule has 2 N–H and O–H groups in total. The summed E-state index contributed by atoms with van der Waals surface area (Å²) in [7, 11) is 0. The predicted octanol–water partition coefficient (Wildman–Crippen LogP) is 2.73. The van der Waals surface area contributed by atoms with Gasteiger partial charge in [0.15, 0.2) is 5.96 Å². The summed E-state index contributed by atoms with van der Waals surface area (Å²) < 4.78 is 6.04. The molecule has 1 aromatic carbocycles. The van der Waals surface area contributed by atoms with Crippen molar-refractivity contribution in [3.8, 4) is 5.75 Å². The maximum Gasteiger partial charge on any atom is 0.191 e. The Morgan fingerprint density at radius 2 is 1.80 bits per heavy atom. The molecule has 112 valence electrons. The summed E-state index contributed by atoms with van der Waals surface area (Å²) in [6.45, 7) is 10.7. The van der Waals surface area contributed by atoms with Gasteiger partial charge in [0.2, 0.25) is 0 Å². The van der Waals surface area contributed by atoms with Crippen molar-refractivity contribution in [2.75, 3.05) is 19.6 Å². The normalized spacial score (nSPS) is 11.6. The topological polar surface area (TPSA) is 45.7 Å². The van der Waals surface area contributed by atoms with Gasteiger partial charge in [-0.25, -0.2) is 4.99 Å². The number of aryl methyl sites for hydroxylation is 1. The summed E-state index contributed by atoms with van der Waals surface area (Å²) in [6.07, 6.45) is 1.03. The van der Waals surface area contributed by atoms with Crippen LogP contribution in [0.25, 0.3) is 0 Å². The molecule has 0 spiro atoms. The second-order valence-corrected chi connectivity index (χ2v) is 4.66. The molecule has 0 saturated heterocycles. The zero-order valence-corrected chi connectivity index (χ0v) is 13.1. The van der Waals surface area contributed by atoms with Gasteiger partial charge in [0.25, 0.3) is 0 Å². The SMILES string of the molecule is CCNC(=NCC(CC)Oc1ccccc1C)NCC. The Balaban J connectivity index is 2.62. The smallest absolute Gasteiger partial charge is 0.191 e. The van der Waals surface area contributed by atoms with Crippen molar-refractivity contribution in [2.45, 2.75) is 40.2 Å². The van der Waals surface area contributed by atoms with E-state index in [4.69, 9.17) is 4.74 Å². The second kappa shape index (κ2) is 9.23. The Hall–Kier alpha value is -1.71. The maximum absolute atomic E-state index is 6.04. The Morgan fingerprint density at radius 1 is 1.15 bits per heavy atom. The number of aliphatic imine (C=N–C) groups is 1. The first-order chi connectivity index (χ1) is 9.71. The average Bonchev–Trinajstić information content (AvgIpc) is 2.45. The summed E-state index contributed by atoms with van der Waals surface area (Å²) in [5, 5.41) is 6.44. The van der Waals surface area contributed by atoms with Crippen LogP contribution in [0.1, 0.15) is 32.8 Å². The summed E-state index contributed by atoms with van der Waals surface area (Å²) in [5.74, 6) is 1.80. The lowest BCUT2D eigenvalue weighted by atomic mass is 10.2. The molecule has 1 unspecified atom stereocenters. The van der Waals surface area contributed by atoms with Crippen LogP contribution in [0.15, 0.2) is 29.3 Å². The fraction of sp³-hybridized carbons (Fsp3) is 0.562. The Bertz CT molecular complexity index is 410. The van der Waals surface area contributed by atoms with E-state index in [9.17, 15) is 0 Å². The van der Waals surface area contributed by atoms with E-state index < -0.39 is 0 Å². The highest BCUT2D eigenvalue weighted by molar-refractivity contribution is 5.79. The molecule has 0 fully saturated rings. The first kappa shape index (κ1) is 16.3. The van der Waals surface area contributed by atoms with Gasteiger partial charge in [0, 0.05) is 13.1 Å². The number of rotatable bonds is 7. The van der Waals surface area contributed by atoms with Crippen molar-refractivity contribution in [2.24, 2.45) is 4.99 Å². The highest BCUT2D eigenvalue weighted by Gasteiger charge is 2.09. The van der Waals surface area contributed by atoms with Gasteiger partial charge in [-0.05, 0) is 38.8 Å². The quantitative estimate of drug-likeness (QED) is 0.595. The van der Waals surface area contributed by atoms with Gasteiger partial charge >= 0.3 is 0 Å². The van der Waals surface area contributed by atoms with Gasteiger partial charge in [-0.2, -0.15) is 0 Å². The van der Waals surface area contributed by atoms with Crippen LogP contribution in [-0.2, 0) is 0 Å². The first-order valence-electron chi connectivity index (χ1n) is 7.45. The Kier molecular flexibility index (Phi) is 7.55. The van der Waals surface area contributed by atoms with Crippen LogP contribution >= 0.6 is 0 Å². The molecular weight excluding hydrogens is 250 g/mol. The molecule has 0 aromatic heterocycles. The van der Waals surface area contributed by atoms with E-state index in [0.717, 1.165) is 36.8 Å². The average molecular weight is 277 g/mol. The van der Waals surface area contributed by atoms with Gasteiger partial charge in [0.1, 0.15) is 11.9 Å². The third kappa shape index (κ3) is 5.51. The molecule has 0 aliphatic carbocycles. The minimum Gasteiger partial charge on any atom is -0.488 e. The van der Waals surface area contributed by atoms with Crippen LogP contribution in [0, 0.1) is 6.92 Å². The predicted molar refractivity (Wildman–Crippen MR) is 85.5 cm³/mol. The number of para-hydroxylation sites is 1. The van der Waals surface area contributed by atoms with Crippen molar-refractivity contribution in [1.29, 1.82) is 0 Å². The summed E-state index contributed by atoms with van der Waals surface area (Å²) in [5.41, 5.74) is 1.16. The molecule has 0 aliphatic heterocycles. The molecule has 0 amide bonds. The Labute approximate surface area is 122 Å². The van der Waals surface area contributed by atoms with E-state index in [1.165, 1.54) is 0 Å². The number of nitrogens with one attached hydrogen (secondary N) is 2. The number of guanidine groups is 1. The zero-order valence-electron chi connectivity index (χ0n) is 13.1. The van der Waals surface area contributed by atoms with E-state index in [0.29, 0.717) is 6.54 Å². The second-order valence-electron chi connectivity index (χ2n) is 4.66. The maximum atomic E-state index is 6.04. The van der Waals surface area contributed by atoms with Gasteiger partial charge in [-0.1, -0.05) is 25.1 Å². The van der Waals surface area contributed by atoms with E-state index in [2.05, 4.69) is 49.4 Å². The summed E-state index contributed by atoms with van der Waals surface area (Å²) in [6, 6.07) is 8.10. The highest BCUT2D eigenvalue weighted by Crippen LogP contribution is 2.18. The number of hydrogen-bond donors (Lipinski definition) is 2. The van der Waals surface area contributed by atoms with Crippen LogP contribution in [-0.4, -0.2) is 31.7 Å². The summed E-state index contributed by atoms with van der Waals surface area (Å²) in [4.78, 5) is 4.57. The molecule has 1 rings (SSSR count). The number of benzene rings is 1. The first-order valence-corrected chi connectivity index (χ1v) is 7.45. The lowest BCUT2D eigenvalue weighted by Crippen LogP contribution is -2.38. The van der Waals surface area contributed by atoms with Gasteiger partial charge in [0.05, 0.1) is 6.54 Å². The van der Waals surface area contributed by atoms with Gasteiger partial charge in [-0.3, -0.25) is 0 Å². The molecule has 0 radical (unpaired) electrons. The van der Waals surface area contributed by atoms with E-state index in [1.807, 2.05) is 18.2 Å². The van der Waals surface area contributed by atoms with Crippen LogP contribution in [0.3, 0.4) is 0 Å². The minimum absolute atomic E-state index is 0.100. The molecule has 0 heterocycles. The fourth-order valence-electron chi connectivity index (χ4n) is 1.82. The third-order valence-electron chi connectivity index (χ3n) is 2.98. The van der Waals surface area contributed by atoms with Crippen LogP contribution < -0.4 is 15.4 Å². The van der Waals surface area contributed by atoms with Crippen LogP contribution in [0.5, 0.6) is 5.75 Å². The fourth-order valence-corrected chi connectivity index (χ4v) is 1.82. The number of ether oxygens (including phenoxy) is 1. The van der Waals surface area contributed by atoms with Crippen molar-refractivity contribution >= 4 is 5.96 Å². The van der Waals surface area contributed by atoms with Crippen molar-refractivity contribution < 1.29 is 4.74 Å². The number of hydrogen-bond acceptors (Lipinski definition) is 2. The highest BCUT2D eigenvalue weighted by atomic mass is 16.5.